The second-order valence-corrected chi connectivity index (χ2v) is 3.21. The predicted molar refractivity (Wildman–Crippen MR) is 54.1 cm³/mol. The van der Waals surface area contributed by atoms with Crippen molar-refractivity contribution in [3.63, 3.8) is 0 Å². The number of rotatable bonds is 5. The van der Waals surface area contributed by atoms with Crippen molar-refractivity contribution in [2.24, 2.45) is 0 Å². The Hall–Kier alpha value is -0.560. The van der Waals surface area contributed by atoms with Crippen molar-refractivity contribution in [2.45, 2.75) is 46.1 Å². The van der Waals surface area contributed by atoms with Gasteiger partial charge >= 0.3 is 0 Å². The van der Waals surface area contributed by atoms with E-state index in [1.54, 1.807) is 6.92 Å². The molecule has 70 valence electrons. The first-order chi connectivity index (χ1) is 5.66. The van der Waals surface area contributed by atoms with E-state index in [9.17, 15) is 0 Å². The summed E-state index contributed by atoms with van der Waals surface area (Å²) in [7, 11) is 0. The van der Waals surface area contributed by atoms with Crippen LogP contribution in [0.4, 0.5) is 0 Å². The van der Waals surface area contributed by atoms with Gasteiger partial charge in [-0.05, 0) is 26.7 Å². The molecule has 0 aliphatic heterocycles. The van der Waals surface area contributed by atoms with Crippen LogP contribution < -0.4 is 0 Å². The van der Waals surface area contributed by atoms with Gasteiger partial charge in [0, 0.05) is 0 Å². The molecule has 12 heavy (non-hydrogen) atoms. The summed E-state index contributed by atoms with van der Waals surface area (Å²) in [5.74, 6) is 0. The third-order valence-electron chi connectivity index (χ3n) is 1.64. The van der Waals surface area contributed by atoms with Crippen LogP contribution in [0.15, 0.2) is 23.8 Å². The molecule has 0 bridgehead atoms. The van der Waals surface area contributed by atoms with Crippen LogP contribution in [0.25, 0.3) is 0 Å². The van der Waals surface area contributed by atoms with Crippen molar-refractivity contribution in [3.8, 4) is 0 Å². The molecule has 0 aromatic rings. The normalized spacial score (nSPS) is 15.5. The van der Waals surface area contributed by atoms with Crippen molar-refractivity contribution in [2.75, 3.05) is 0 Å². The number of aliphatic hydroxyl groups excluding tert-OH is 1. The van der Waals surface area contributed by atoms with Crippen molar-refractivity contribution in [1.29, 1.82) is 0 Å². The summed E-state index contributed by atoms with van der Waals surface area (Å²) in [6, 6.07) is 0. The van der Waals surface area contributed by atoms with E-state index in [1.807, 2.05) is 12.2 Å². The molecule has 0 aromatic carbocycles. The zero-order chi connectivity index (χ0) is 9.40. The van der Waals surface area contributed by atoms with E-state index >= 15 is 0 Å². The highest BCUT2D eigenvalue weighted by Crippen LogP contribution is 2.04. The van der Waals surface area contributed by atoms with E-state index in [4.69, 9.17) is 5.11 Å². The van der Waals surface area contributed by atoms with Gasteiger partial charge in [0.25, 0.3) is 0 Å². The molecule has 1 unspecified atom stereocenters. The van der Waals surface area contributed by atoms with E-state index in [-0.39, 0.29) is 6.10 Å². The molecule has 0 rings (SSSR count). The molecule has 0 aliphatic rings. The Balaban J connectivity index is 3.62. The number of unbranched alkanes of at least 4 members (excludes halogenated alkanes) is 1. The van der Waals surface area contributed by atoms with E-state index in [1.165, 1.54) is 12.0 Å². The second-order valence-electron chi connectivity index (χ2n) is 3.21. The minimum atomic E-state index is -0.316. The highest BCUT2D eigenvalue weighted by Gasteiger charge is 1.87. The fraction of sp³-hybridized carbons (Fsp3) is 0.636. The minimum absolute atomic E-state index is 0.316. The molecule has 0 saturated carbocycles. The zero-order valence-electron chi connectivity index (χ0n) is 8.38. The maximum absolute atomic E-state index is 8.94. The number of allylic oxidation sites excluding steroid dienone is 3. The van der Waals surface area contributed by atoms with Gasteiger partial charge in [-0.1, -0.05) is 37.1 Å². The van der Waals surface area contributed by atoms with Crippen molar-refractivity contribution >= 4 is 0 Å². The second kappa shape index (κ2) is 7.11. The van der Waals surface area contributed by atoms with Gasteiger partial charge in [0.1, 0.15) is 0 Å². The Bertz CT molecular complexity index is 154. The first kappa shape index (κ1) is 11.4. The first-order valence-corrected chi connectivity index (χ1v) is 4.67. The van der Waals surface area contributed by atoms with Crippen molar-refractivity contribution < 1.29 is 5.11 Å². The quantitative estimate of drug-likeness (QED) is 0.625. The van der Waals surface area contributed by atoms with E-state index in [0.717, 1.165) is 12.8 Å². The maximum atomic E-state index is 8.94. The van der Waals surface area contributed by atoms with E-state index < -0.39 is 0 Å². The predicted octanol–water partition coefficient (Wildman–Crippen LogP) is 3.06. The molecule has 1 atom stereocenters. The standard InChI is InChI=1S/C11H20O/c1-4-5-7-10(2)8-6-9-11(3)12/h6-7,9,11-12H,4-5,8H2,1-3H3/b9-6-,10-7+. The van der Waals surface area contributed by atoms with Crippen LogP contribution >= 0.6 is 0 Å². The van der Waals surface area contributed by atoms with E-state index in [2.05, 4.69) is 19.9 Å². The molecular formula is C11H20O. The molecule has 0 fully saturated rings. The summed E-state index contributed by atoms with van der Waals surface area (Å²) in [6.45, 7) is 6.07. The lowest BCUT2D eigenvalue weighted by Crippen LogP contribution is -1.91. The minimum Gasteiger partial charge on any atom is -0.389 e. The van der Waals surface area contributed by atoms with Gasteiger partial charge in [-0.2, -0.15) is 0 Å². The summed E-state index contributed by atoms with van der Waals surface area (Å²) in [6.07, 6.45) is 9.11. The largest absolute Gasteiger partial charge is 0.389 e. The number of hydrogen-bond donors (Lipinski definition) is 1. The van der Waals surface area contributed by atoms with Crippen molar-refractivity contribution in [3.05, 3.63) is 23.8 Å². The molecule has 0 amide bonds. The molecule has 0 aromatic heterocycles. The molecule has 0 radical (unpaired) electrons. The van der Waals surface area contributed by atoms with Gasteiger partial charge < -0.3 is 5.11 Å². The van der Waals surface area contributed by atoms with Crippen LogP contribution in [-0.4, -0.2) is 11.2 Å². The van der Waals surface area contributed by atoms with Crippen LogP contribution in [0, 0.1) is 0 Å². The molecular weight excluding hydrogens is 148 g/mol. The topological polar surface area (TPSA) is 20.2 Å². The van der Waals surface area contributed by atoms with Gasteiger partial charge in [-0.3, -0.25) is 0 Å². The third-order valence-corrected chi connectivity index (χ3v) is 1.64. The lowest BCUT2D eigenvalue weighted by Gasteiger charge is -1.96. The smallest absolute Gasteiger partial charge is 0.0692 e. The Morgan fingerprint density at radius 2 is 2.17 bits per heavy atom. The van der Waals surface area contributed by atoms with Crippen LogP contribution in [0.3, 0.4) is 0 Å². The third kappa shape index (κ3) is 7.55. The van der Waals surface area contributed by atoms with Gasteiger partial charge in [0.2, 0.25) is 0 Å². The van der Waals surface area contributed by atoms with Gasteiger partial charge in [-0.25, -0.2) is 0 Å². The van der Waals surface area contributed by atoms with Crippen LogP contribution in [0.1, 0.15) is 40.0 Å². The number of aliphatic hydroxyl groups is 1. The molecule has 0 saturated heterocycles. The van der Waals surface area contributed by atoms with Crippen LogP contribution in [-0.2, 0) is 0 Å². The lowest BCUT2D eigenvalue weighted by molar-refractivity contribution is 0.244. The Morgan fingerprint density at radius 3 is 2.67 bits per heavy atom. The Kier molecular flexibility index (Phi) is 6.78. The Morgan fingerprint density at radius 1 is 1.50 bits per heavy atom. The lowest BCUT2D eigenvalue weighted by atomic mass is 10.1. The first-order valence-electron chi connectivity index (χ1n) is 4.67. The van der Waals surface area contributed by atoms with Gasteiger partial charge in [-0.15, -0.1) is 0 Å². The number of hydrogen-bond acceptors (Lipinski definition) is 1. The molecule has 1 nitrogen and oxygen atoms in total. The summed E-state index contributed by atoms with van der Waals surface area (Å²) in [5, 5.41) is 8.94. The average molecular weight is 168 g/mol. The molecule has 0 aliphatic carbocycles. The molecule has 0 heterocycles. The fourth-order valence-electron chi connectivity index (χ4n) is 0.925. The Labute approximate surface area is 75.8 Å². The van der Waals surface area contributed by atoms with Crippen molar-refractivity contribution in [1.82, 2.24) is 0 Å². The van der Waals surface area contributed by atoms with Gasteiger partial charge in [0.05, 0.1) is 6.10 Å². The van der Waals surface area contributed by atoms with E-state index in [0.29, 0.717) is 0 Å². The van der Waals surface area contributed by atoms with Gasteiger partial charge in [0.15, 0.2) is 0 Å². The van der Waals surface area contributed by atoms with Crippen LogP contribution in [0.5, 0.6) is 0 Å². The molecule has 1 N–H and O–H groups in total. The van der Waals surface area contributed by atoms with Crippen LogP contribution in [0.2, 0.25) is 0 Å². The highest BCUT2D eigenvalue weighted by atomic mass is 16.3. The summed E-state index contributed by atoms with van der Waals surface area (Å²) in [5.41, 5.74) is 1.38. The monoisotopic (exact) mass is 168 g/mol. The maximum Gasteiger partial charge on any atom is 0.0692 e. The average Bonchev–Trinajstić information content (AvgIpc) is 2.00. The molecule has 0 spiro atoms. The highest BCUT2D eigenvalue weighted by molar-refractivity contribution is 5.05. The summed E-state index contributed by atoms with van der Waals surface area (Å²) >= 11 is 0. The summed E-state index contributed by atoms with van der Waals surface area (Å²) in [4.78, 5) is 0. The summed E-state index contributed by atoms with van der Waals surface area (Å²) < 4.78 is 0. The zero-order valence-corrected chi connectivity index (χ0v) is 8.38. The fourth-order valence-corrected chi connectivity index (χ4v) is 0.925. The molecule has 1 heteroatoms. The SMILES string of the molecule is CCC/C=C(\C)C/C=C\C(C)O.